The van der Waals surface area contributed by atoms with E-state index in [2.05, 4.69) is 10.3 Å². The lowest BCUT2D eigenvalue weighted by atomic mass is 10.1. The third kappa shape index (κ3) is 3.06. The Morgan fingerprint density at radius 3 is 2.67 bits per heavy atom. The van der Waals surface area contributed by atoms with E-state index in [9.17, 15) is 9.90 Å². The first-order valence-electron chi connectivity index (χ1n) is 8.24. The highest BCUT2D eigenvalue weighted by molar-refractivity contribution is 5.94. The van der Waals surface area contributed by atoms with Crippen molar-refractivity contribution < 1.29 is 9.52 Å². The molecule has 134 valence electrons. The summed E-state index contributed by atoms with van der Waals surface area (Å²) in [6.45, 7) is 1.60. The first kappa shape index (κ1) is 16.6. The zero-order valence-corrected chi connectivity index (χ0v) is 14.4. The first-order valence-corrected chi connectivity index (χ1v) is 8.24. The fourth-order valence-corrected chi connectivity index (χ4v) is 2.87. The maximum Gasteiger partial charge on any atom is 0.235 e. The molecule has 0 saturated carbocycles. The van der Waals surface area contributed by atoms with E-state index in [1.165, 1.54) is 0 Å². The summed E-state index contributed by atoms with van der Waals surface area (Å²) >= 11 is 0. The molecule has 0 spiro atoms. The van der Waals surface area contributed by atoms with Gasteiger partial charge in [-0.1, -0.05) is 0 Å². The predicted octanol–water partition coefficient (Wildman–Crippen LogP) is 3.76. The van der Waals surface area contributed by atoms with Crippen LogP contribution in [0.3, 0.4) is 0 Å². The van der Waals surface area contributed by atoms with Crippen molar-refractivity contribution in [3.05, 3.63) is 71.4 Å². The van der Waals surface area contributed by atoms with Crippen LogP contribution in [-0.4, -0.2) is 20.5 Å². The fraction of sp³-hybridized carbons (Fsp3) is 0.0500. The van der Waals surface area contributed by atoms with Crippen molar-refractivity contribution in [2.45, 2.75) is 6.92 Å². The molecule has 4 aromatic rings. The number of anilines is 1. The number of fused-ring (bicyclic) bond motifs is 1. The summed E-state index contributed by atoms with van der Waals surface area (Å²) in [5, 5.41) is 20.9. The molecule has 0 unspecified atom stereocenters. The number of rotatable bonds is 3. The van der Waals surface area contributed by atoms with E-state index in [4.69, 9.17) is 9.83 Å². The zero-order valence-electron chi connectivity index (χ0n) is 14.4. The molecule has 7 heteroatoms. The van der Waals surface area contributed by atoms with Crippen molar-refractivity contribution in [2.75, 3.05) is 5.32 Å². The highest BCUT2D eigenvalue weighted by Gasteiger charge is 2.16. The Morgan fingerprint density at radius 1 is 1.22 bits per heavy atom. The van der Waals surface area contributed by atoms with E-state index in [0.717, 1.165) is 5.69 Å². The minimum absolute atomic E-state index is 0.119. The number of amidine groups is 1. The fourth-order valence-electron chi connectivity index (χ4n) is 2.87. The third-order valence-electron chi connectivity index (χ3n) is 4.13. The molecule has 0 aliphatic rings. The van der Waals surface area contributed by atoms with Gasteiger partial charge in [-0.15, -0.1) is 0 Å². The minimum atomic E-state index is -0.517. The van der Waals surface area contributed by atoms with Crippen molar-refractivity contribution in [1.82, 2.24) is 9.55 Å². The van der Waals surface area contributed by atoms with Gasteiger partial charge >= 0.3 is 0 Å². The lowest BCUT2D eigenvalue weighted by Crippen LogP contribution is -2.07. The maximum atomic E-state index is 12.6. The highest BCUT2D eigenvalue weighted by atomic mass is 16.4. The van der Waals surface area contributed by atoms with Crippen LogP contribution in [0.1, 0.15) is 6.92 Å². The molecule has 4 rings (SSSR count). The Morgan fingerprint density at radius 2 is 2.00 bits per heavy atom. The minimum Gasteiger partial charge on any atom is -0.502 e. The van der Waals surface area contributed by atoms with E-state index >= 15 is 0 Å². The summed E-state index contributed by atoms with van der Waals surface area (Å²) in [5.74, 6) is -0.0761. The molecule has 0 saturated heterocycles. The molecular weight excluding hydrogens is 344 g/mol. The zero-order chi connectivity index (χ0) is 19.0. The Bertz CT molecular complexity index is 1190. The van der Waals surface area contributed by atoms with Crippen LogP contribution in [0, 0.1) is 5.41 Å². The number of aromatic hydroxyl groups is 1. The van der Waals surface area contributed by atoms with Crippen molar-refractivity contribution in [2.24, 2.45) is 0 Å². The van der Waals surface area contributed by atoms with Crippen molar-refractivity contribution in [3.8, 4) is 22.8 Å². The lowest BCUT2D eigenvalue weighted by molar-refractivity contribution is 0.449. The van der Waals surface area contributed by atoms with Gasteiger partial charge < -0.3 is 19.4 Å². The Labute approximate surface area is 154 Å². The third-order valence-corrected chi connectivity index (χ3v) is 4.13. The predicted molar refractivity (Wildman–Crippen MR) is 104 cm³/mol. The molecular formula is C20H16N4O3. The van der Waals surface area contributed by atoms with Crippen LogP contribution in [0.5, 0.6) is 5.75 Å². The van der Waals surface area contributed by atoms with Gasteiger partial charge in [-0.25, -0.2) is 4.98 Å². The van der Waals surface area contributed by atoms with Gasteiger partial charge in [-0.05, 0) is 49.4 Å². The van der Waals surface area contributed by atoms with E-state index in [1.54, 1.807) is 49.8 Å². The van der Waals surface area contributed by atoms with Crippen molar-refractivity contribution in [3.63, 3.8) is 0 Å². The molecule has 0 amide bonds. The van der Waals surface area contributed by atoms with Crippen LogP contribution in [0.4, 0.5) is 5.69 Å². The average molecular weight is 360 g/mol. The van der Waals surface area contributed by atoms with Crippen molar-refractivity contribution in [1.29, 1.82) is 5.41 Å². The molecule has 0 aliphatic carbocycles. The number of hydrogen-bond acceptors (Lipinski definition) is 5. The maximum absolute atomic E-state index is 12.6. The summed E-state index contributed by atoms with van der Waals surface area (Å²) in [7, 11) is 0. The van der Waals surface area contributed by atoms with Gasteiger partial charge in [-0.2, -0.15) is 0 Å². The SMILES string of the molecule is CC(=N)Nc1ccc2oc(-c3ccc(-n4ccnc4)cc3)c(O)c(=O)c2c1. The van der Waals surface area contributed by atoms with Crippen molar-refractivity contribution >= 4 is 22.5 Å². The van der Waals surface area contributed by atoms with Gasteiger partial charge in [0.2, 0.25) is 11.2 Å². The number of nitrogens with zero attached hydrogens (tertiary/aromatic N) is 2. The quantitative estimate of drug-likeness (QED) is 0.381. The number of nitrogens with one attached hydrogen (secondary N) is 2. The molecule has 2 heterocycles. The number of aromatic nitrogens is 2. The molecule has 2 aromatic carbocycles. The molecule has 0 bridgehead atoms. The van der Waals surface area contributed by atoms with Crippen LogP contribution in [0.15, 0.2) is 70.4 Å². The largest absolute Gasteiger partial charge is 0.502 e. The van der Waals surface area contributed by atoms with Gasteiger partial charge in [0.1, 0.15) is 5.58 Å². The second-order valence-electron chi connectivity index (χ2n) is 6.09. The van der Waals surface area contributed by atoms with Gasteiger partial charge in [0.25, 0.3) is 0 Å². The second-order valence-corrected chi connectivity index (χ2v) is 6.09. The molecule has 0 fully saturated rings. The van der Waals surface area contributed by atoms with Crippen LogP contribution in [-0.2, 0) is 0 Å². The van der Waals surface area contributed by atoms with Gasteiger partial charge in [0.05, 0.1) is 17.5 Å². The Hall–Kier alpha value is -3.87. The smallest absolute Gasteiger partial charge is 0.235 e. The van der Waals surface area contributed by atoms with Crippen LogP contribution in [0.2, 0.25) is 0 Å². The standard InChI is InChI=1S/C20H16N4O3/c1-12(21)23-14-4-7-17-16(10-14)18(25)19(26)20(27-17)13-2-5-15(6-3-13)24-9-8-22-11-24/h2-11,26H,1H3,(H2,21,23). The van der Waals surface area contributed by atoms with E-state index in [1.807, 2.05) is 22.9 Å². The molecule has 27 heavy (non-hydrogen) atoms. The molecule has 3 N–H and O–H groups in total. The molecule has 7 nitrogen and oxygen atoms in total. The first-order chi connectivity index (χ1) is 13.0. The molecule has 0 aliphatic heterocycles. The van der Waals surface area contributed by atoms with E-state index in [-0.39, 0.29) is 17.0 Å². The lowest BCUT2D eigenvalue weighted by Gasteiger charge is -2.09. The molecule has 2 aromatic heterocycles. The van der Waals surface area contributed by atoms with Gasteiger partial charge in [0, 0.05) is 29.3 Å². The van der Waals surface area contributed by atoms with Gasteiger partial charge in [-0.3, -0.25) is 10.2 Å². The van der Waals surface area contributed by atoms with Gasteiger partial charge in [0.15, 0.2) is 5.76 Å². The number of hydrogen-bond donors (Lipinski definition) is 3. The van der Waals surface area contributed by atoms with Crippen LogP contribution >= 0.6 is 0 Å². The topological polar surface area (TPSA) is 104 Å². The summed E-state index contributed by atoms with van der Waals surface area (Å²) in [5.41, 5.74) is 1.92. The molecule has 0 atom stereocenters. The Kier molecular flexibility index (Phi) is 3.97. The monoisotopic (exact) mass is 360 g/mol. The summed E-state index contributed by atoms with van der Waals surface area (Å²) < 4.78 is 7.65. The second kappa shape index (κ2) is 6.45. The normalized spacial score (nSPS) is 10.9. The average Bonchev–Trinajstić information content (AvgIpc) is 3.19. The van der Waals surface area contributed by atoms with E-state index < -0.39 is 11.2 Å². The summed E-state index contributed by atoms with van der Waals surface area (Å²) in [6, 6.07) is 12.2. The van der Waals surface area contributed by atoms with Crippen LogP contribution < -0.4 is 10.7 Å². The van der Waals surface area contributed by atoms with Crippen LogP contribution in [0.25, 0.3) is 28.0 Å². The summed E-state index contributed by atoms with van der Waals surface area (Å²) in [4.78, 5) is 16.6. The molecule has 0 radical (unpaired) electrons. The number of imidazole rings is 1. The van der Waals surface area contributed by atoms with E-state index in [0.29, 0.717) is 16.8 Å². The highest BCUT2D eigenvalue weighted by Crippen LogP contribution is 2.31. The summed E-state index contributed by atoms with van der Waals surface area (Å²) in [6.07, 6.45) is 5.19. The number of benzene rings is 2. The Balaban J connectivity index is 1.79.